The molecule has 1 N–H and O–H groups in total. The summed E-state index contributed by atoms with van der Waals surface area (Å²) in [5, 5.41) is 9.68. The fourth-order valence-electron chi connectivity index (χ4n) is 2.81. The van der Waals surface area contributed by atoms with Gasteiger partial charge in [-0.05, 0) is 56.0 Å². The zero-order valence-electron chi connectivity index (χ0n) is 14.8. The second-order valence-electron chi connectivity index (χ2n) is 6.32. The average molecular weight is 307 g/mol. The second kappa shape index (κ2) is 10.5. The van der Waals surface area contributed by atoms with E-state index >= 15 is 0 Å². The summed E-state index contributed by atoms with van der Waals surface area (Å²) in [5.74, 6) is 1.38. The minimum absolute atomic E-state index is 0.214. The van der Waals surface area contributed by atoms with Gasteiger partial charge in [-0.15, -0.1) is 0 Å². The first-order chi connectivity index (χ1) is 10.6. The van der Waals surface area contributed by atoms with Crippen molar-refractivity contribution in [1.29, 1.82) is 0 Å². The lowest BCUT2D eigenvalue weighted by atomic mass is 10.00. The Hall–Kier alpha value is -1.22. The van der Waals surface area contributed by atoms with Crippen molar-refractivity contribution < 1.29 is 9.84 Å². The average Bonchev–Trinajstić information content (AvgIpc) is 2.51. The van der Waals surface area contributed by atoms with Gasteiger partial charge in [0.05, 0.1) is 7.11 Å². The number of ether oxygens (including phenoxy) is 1. The molecule has 22 heavy (non-hydrogen) atoms. The molecule has 1 rings (SSSR count). The van der Waals surface area contributed by atoms with E-state index in [9.17, 15) is 5.11 Å². The molecule has 3 heteroatoms. The van der Waals surface area contributed by atoms with Crippen LogP contribution in [-0.2, 0) is 6.42 Å². The molecule has 0 amide bonds. The van der Waals surface area contributed by atoms with Crippen LogP contribution in [0.1, 0.15) is 52.0 Å². The van der Waals surface area contributed by atoms with Crippen molar-refractivity contribution in [3.8, 4) is 11.5 Å². The summed E-state index contributed by atoms with van der Waals surface area (Å²) in [7, 11) is 1.60. The molecule has 0 spiro atoms. The number of methoxy groups -OCH3 is 1. The highest BCUT2D eigenvalue weighted by molar-refractivity contribution is 5.41. The van der Waals surface area contributed by atoms with Crippen LogP contribution < -0.4 is 4.74 Å². The number of nitrogens with zero attached hydrogens (tertiary/aromatic N) is 1. The van der Waals surface area contributed by atoms with Gasteiger partial charge in [0, 0.05) is 6.54 Å². The number of phenols is 1. The van der Waals surface area contributed by atoms with Crippen LogP contribution in [0.4, 0.5) is 0 Å². The number of unbranched alkanes of at least 4 members (excludes halogenated alkanes) is 2. The molecule has 0 radical (unpaired) electrons. The van der Waals surface area contributed by atoms with Crippen molar-refractivity contribution in [3.05, 3.63) is 23.8 Å². The van der Waals surface area contributed by atoms with Gasteiger partial charge in [-0.25, -0.2) is 0 Å². The molecule has 0 aliphatic rings. The number of benzene rings is 1. The highest BCUT2D eigenvalue weighted by atomic mass is 16.5. The summed E-state index contributed by atoms with van der Waals surface area (Å²) in [6, 6.07) is 5.68. The largest absolute Gasteiger partial charge is 0.504 e. The van der Waals surface area contributed by atoms with Gasteiger partial charge in [-0.2, -0.15) is 0 Å². The molecule has 0 saturated carbocycles. The maximum absolute atomic E-state index is 9.68. The number of rotatable bonds is 11. The standard InChI is InChI=1S/C19H33NO2/c1-5-7-11-20(12-8-6-2)15-16(3)13-17-9-10-18(21)19(14-17)22-4/h9-10,14,16,21H,5-8,11-13,15H2,1-4H3. The summed E-state index contributed by atoms with van der Waals surface area (Å²) < 4.78 is 5.19. The molecule has 1 unspecified atom stereocenters. The lowest BCUT2D eigenvalue weighted by Crippen LogP contribution is -2.31. The number of aromatic hydroxyl groups is 1. The van der Waals surface area contributed by atoms with Gasteiger partial charge in [0.1, 0.15) is 0 Å². The van der Waals surface area contributed by atoms with Crippen LogP contribution in [0, 0.1) is 5.92 Å². The van der Waals surface area contributed by atoms with E-state index in [0.717, 1.165) is 13.0 Å². The molecule has 1 aromatic carbocycles. The minimum Gasteiger partial charge on any atom is -0.504 e. The van der Waals surface area contributed by atoms with Crippen molar-refractivity contribution >= 4 is 0 Å². The molecule has 0 bridgehead atoms. The summed E-state index contributed by atoms with van der Waals surface area (Å²) in [6.45, 7) is 10.4. The topological polar surface area (TPSA) is 32.7 Å². The minimum atomic E-state index is 0.214. The Morgan fingerprint density at radius 1 is 1.14 bits per heavy atom. The van der Waals surface area contributed by atoms with Crippen molar-refractivity contribution in [2.75, 3.05) is 26.7 Å². The Morgan fingerprint density at radius 3 is 2.32 bits per heavy atom. The maximum Gasteiger partial charge on any atom is 0.160 e. The predicted molar refractivity (Wildman–Crippen MR) is 93.8 cm³/mol. The molecular formula is C19H33NO2. The molecule has 0 aromatic heterocycles. The zero-order chi connectivity index (χ0) is 16.4. The number of hydrogen-bond acceptors (Lipinski definition) is 3. The highest BCUT2D eigenvalue weighted by Crippen LogP contribution is 2.27. The Kier molecular flexibility index (Phi) is 8.98. The van der Waals surface area contributed by atoms with Crippen LogP contribution in [-0.4, -0.2) is 36.8 Å². The first kappa shape index (κ1) is 18.8. The first-order valence-electron chi connectivity index (χ1n) is 8.68. The van der Waals surface area contributed by atoms with Crippen LogP contribution in [0.3, 0.4) is 0 Å². The van der Waals surface area contributed by atoms with Crippen LogP contribution in [0.25, 0.3) is 0 Å². The van der Waals surface area contributed by atoms with Crippen molar-refractivity contribution in [1.82, 2.24) is 4.90 Å². The van der Waals surface area contributed by atoms with Crippen molar-refractivity contribution in [2.45, 2.75) is 52.9 Å². The molecule has 126 valence electrons. The van der Waals surface area contributed by atoms with Gasteiger partial charge in [-0.1, -0.05) is 39.7 Å². The van der Waals surface area contributed by atoms with Gasteiger partial charge in [-0.3, -0.25) is 0 Å². The predicted octanol–water partition coefficient (Wildman–Crippen LogP) is 4.48. The van der Waals surface area contributed by atoms with Gasteiger partial charge in [0.2, 0.25) is 0 Å². The summed E-state index contributed by atoms with van der Waals surface area (Å²) in [4.78, 5) is 2.61. The van der Waals surface area contributed by atoms with E-state index in [-0.39, 0.29) is 5.75 Å². The fraction of sp³-hybridized carbons (Fsp3) is 0.684. The molecule has 0 saturated heterocycles. The molecule has 1 aromatic rings. The van der Waals surface area contributed by atoms with E-state index in [1.807, 2.05) is 12.1 Å². The molecule has 3 nitrogen and oxygen atoms in total. The Morgan fingerprint density at radius 2 is 1.77 bits per heavy atom. The third kappa shape index (κ3) is 6.69. The maximum atomic E-state index is 9.68. The second-order valence-corrected chi connectivity index (χ2v) is 6.32. The van der Waals surface area contributed by atoms with E-state index in [2.05, 4.69) is 25.7 Å². The van der Waals surface area contributed by atoms with Gasteiger partial charge >= 0.3 is 0 Å². The lowest BCUT2D eigenvalue weighted by Gasteiger charge is -2.25. The summed E-state index contributed by atoms with van der Waals surface area (Å²) >= 11 is 0. The molecule has 0 aliphatic carbocycles. The number of hydrogen-bond donors (Lipinski definition) is 1. The van der Waals surface area contributed by atoms with E-state index in [1.54, 1.807) is 13.2 Å². The summed E-state index contributed by atoms with van der Waals surface area (Å²) in [5.41, 5.74) is 1.23. The Bertz CT molecular complexity index is 412. The van der Waals surface area contributed by atoms with Crippen LogP contribution in [0.15, 0.2) is 18.2 Å². The molecule has 1 atom stereocenters. The van der Waals surface area contributed by atoms with Gasteiger partial charge in [0.25, 0.3) is 0 Å². The van der Waals surface area contributed by atoms with E-state index in [4.69, 9.17) is 4.74 Å². The van der Waals surface area contributed by atoms with Gasteiger partial charge in [0.15, 0.2) is 11.5 Å². The molecule has 0 heterocycles. The summed E-state index contributed by atoms with van der Waals surface area (Å²) in [6.07, 6.45) is 6.09. The van der Waals surface area contributed by atoms with Crippen LogP contribution >= 0.6 is 0 Å². The number of phenolic OH excluding ortho intramolecular Hbond substituents is 1. The third-order valence-corrected chi connectivity index (χ3v) is 4.05. The van der Waals surface area contributed by atoms with Crippen LogP contribution in [0.5, 0.6) is 11.5 Å². The SMILES string of the molecule is CCCCN(CCCC)CC(C)Cc1ccc(O)c(OC)c1. The third-order valence-electron chi connectivity index (χ3n) is 4.05. The lowest BCUT2D eigenvalue weighted by molar-refractivity contribution is 0.230. The van der Waals surface area contributed by atoms with Gasteiger partial charge < -0.3 is 14.7 Å². The van der Waals surface area contributed by atoms with Crippen LogP contribution in [0.2, 0.25) is 0 Å². The quantitative estimate of drug-likeness (QED) is 0.654. The van der Waals surface area contributed by atoms with E-state index < -0.39 is 0 Å². The molecule has 0 fully saturated rings. The zero-order valence-corrected chi connectivity index (χ0v) is 14.8. The Labute approximate surface area is 136 Å². The Balaban J connectivity index is 2.56. The fourth-order valence-corrected chi connectivity index (χ4v) is 2.81. The first-order valence-corrected chi connectivity index (χ1v) is 8.68. The molecule has 0 aliphatic heterocycles. The smallest absolute Gasteiger partial charge is 0.160 e. The van der Waals surface area contributed by atoms with E-state index in [0.29, 0.717) is 11.7 Å². The monoisotopic (exact) mass is 307 g/mol. The van der Waals surface area contributed by atoms with Crippen molar-refractivity contribution in [2.24, 2.45) is 5.92 Å². The normalized spacial score (nSPS) is 12.6. The van der Waals surface area contributed by atoms with E-state index in [1.165, 1.54) is 44.3 Å². The molecular weight excluding hydrogens is 274 g/mol. The van der Waals surface area contributed by atoms with Crippen molar-refractivity contribution in [3.63, 3.8) is 0 Å². The highest BCUT2D eigenvalue weighted by Gasteiger charge is 2.12.